The predicted molar refractivity (Wildman–Crippen MR) is 99.8 cm³/mol. The van der Waals surface area contributed by atoms with Gasteiger partial charge in [0, 0.05) is 11.1 Å². The van der Waals surface area contributed by atoms with Gasteiger partial charge in [-0.3, -0.25) is 4.79 Å². The fraction of sp³-hybridized carbons (Fsp3) is 0. The minimum atomic E-state index is 0.598. The molecule has 3 heteroatoms. The molecule has 1 aromatic heterocycles. The number of benzene rings is 3. The molecule has 0 bridgehead atoms. The van der Waals surface area contributed by atoms with Crippen molar-refractivity contribution in [1.82, 2.24) is 9.78 Å². The average molecular weight is 324 g/mol. The van der Waals surface area contributed by atoms with Crippen molar-refractivity contribution in [3.05, 3.63) is 96.6 Å². The molecule has 0 fully saturated rings. The molecule has 3 aromatic carbocycles. The monoisotopic (exact) mass is 324 g/mol. The fourth-order valence-electron chi connectivity index (χ4n) is 2.98. The minimum absolute atomic E-state index is 0.598. The van der Waals surface area contributed by atoms with Crippen molar-refractivity contribution in [2.24, 2.45) is 0 Å². The molecule has 0 aliphatic rings. The lowest BCUT2D eigenvalue weighted by molar-refractivity contribution is 0.112. The third-order valence-electron chi connectivity index (χ3n) is 4.14. The summed E-state index contributed by atoms with van der Waals surface area (Å²) in [7, 11) is 0. The van der Waals surface area contributed by atoms with Gasteiger partial charge in [0.05, 0.1) is 16.9 Å². The maximum Gasteiger partial charge on any atom is 0.154 e. The Morgan fingerprint density at radius 3 is 1.76 bits per heavy atom. The molecule has 0 saturated heterocycles. The van der Waals surface area contributed by atoms with E-state index in [0.717, 1.165) is 28.8 Å². The van der Waals surface area contributed by atoms with Crippen LogP contribution in [0.25, 0.3) is 28.2 Å². The van der Waals surface area contributed by atoms with Gasteiger partial charge in [0.2, 0.25) is 0 Å². The van der Waals surface area contributed by atoms with Crippen LogP contribution in [0.5, 0.6) is 0 Å². The standard InChI is InChI=1S/C22H16N2O/c25-16-20-21(17-10-4-1-5-11-17)23-24(19-14-8-3-9-15-19)22(20)18-12-6-2-7-13-18/h1-16H. The molecule has 25 heavy (non-hydrogen) atoms. The van der Waals surface area contributed by atoms with Crippen LogP contribution < -0.4 is 0 Å². The SMILES string of the molecule is O=Cc1c(-c2ccccc2)nn(-c2ccccc2)c1-c1ccccc1. The molecule has 4 aromatic rings. The first-order chi connectivity index (χ1) is 12.4. The summed E-state index contributed by atoms with van der Waals surface area (Å²) in [5, 5.41) is 4.78. The lowest BCUT2D eigenvalue weighted by Crippen LogP contribution is -1.99. The van der Waals surface area contributed by atoms with Crippen molar-refractivity contribution in [3.63, 3.8) is 0 Å². The largest absolute Gasteiger partial charge is 0.298 e. The predicted octanol–water partition coefficient (Wildman–Crippen LogP) is 5.02. The van der Waals surface area contributed by atoms with E-state index in [4.69, 9.17) is 5.10 Å². The topological polar surface area (TPSA) is 34.9 Å². The zero-order valence-corrected chi connectivity index (χ0v) is 13.5. The van der Waals surface area contributed by atoms with Crippen LogP contribution in [-0.4, -0.2) is 16.1 Å². The molecule has 3 nitrogen and oxygen atoms in total. The Balaban J connectivity index is 2.03. The molecule has 0 atom stereocenters. The number of nitrogens with zero attached hydrogens (tertiary/aromatic N) is 2. The Hall–Kier alpha value is -3.46. The molecule has 120 valence electrons. The Kier molecular flexibility index (Phi) is 3.97. The van der Waals surface area contributed by atoms with Crippen LogP contribution in [0, 0.1) is 0 Å². The van der Waals surface area contributed by atoms with Gasteiger partial charge >= 0.3 is 0 Å². The summed E-state index contributed by atoms with van der Waals surface area (Å²) in [6.07, 6.45) is 0.900. The number of para-hydroxylation sites is 1. The highest BCUT2D eigenvalue weighted by atomic mass is 16.1. The number of hydrogen-bond acceptors (Lipinski definition) is 2. The van der Waals surface area contributed by atoms with E-state index in [1.807, 2.05) is 95.7 Å². The third-order valence-corrected chi connectivity index (χ3v) is 4.14. The molecular formula is C22H16N2O. The zero-order valence-electron chi connectivity index (χ0n) is 13.5. The zero-order chi connectivity index (χ0) is 17.1. The molecule has 0 spiro atoms. The molecule has 0 aliphatic heterocycles. The van der Waals surface area contributed by atoms with Gasteiger partial charge in [-0.25, -0.2) is 4.68 Å². The minimum Gasteiger partial charge on any atom is -0.298 e. The number of aromatic nitrogens is 2. The van der Waals surface area contributed by atoms with Gasteiger partial charge in [0.1, 0.15) is 5.69 Å². The quantitative estimate of drug-likeness (QED) is 0.494. The lowest BCUT2D eigenvalue weighted by Gasteiger charge is -2.08. The van der Waals surface area contributed by atoms with E-state index in [1.165, 1.54) is 0 Å². The average Bonchev–Trinajstić information content (AvgIpc) is 3.09. The molecule has 0 N–H and O–H groups in total. The van der Waals surface area contributed by atoms with Crippen molar-refractivity contribution in [3.8, 4) is 28.2 Å². The van der Waals surface area contributed by atoms with Gasteiger partial charge in [-0.1, -0.05) is 78.9 Å². The third kappa shape index (κ3) is 2.76. The summed E-state index contributed by atoms with van der Waals surface area (Å²) in [6.45, 7) is 0. The Morgan fingerprint density at radius 2 is 1.20 bits per heavy atom. The first kappa shape index (κ1) is 15.1. The van der Waals surface area contributed by atoms with Crippen molar-refractivity contribution in [2.75, 3.05) is 0 Å². The summed E-state index contributed by atoms with van der Waals surface area (Å²) in [6, 6.07) is 29.6. The fourth-order valence-corrected chi connectivity index (χ4v) is 2.98. The van der Waals surface area contributed by atoms with Gasteiger partial charge in [-0.05, 0) is 12.1 Å². The molecule has 0 aliphatic carbocycles. The van der Waals surface area contributed by atoms with Crippen LogP contribution in [0.3, 0.4) is 0 Å². The first-order valence-electron chi connectivity index (χ1n) is 8.13. The highest BCUT2D eigenvalue weighted by molar-refractivity contribution is 5.94. The van der Waals surface area contributed by atoms with Gasteiger partial charge in [0.25, 0.3) is 0 Å². The van der Waals surface area contributed by atoms with E-state index >= 15 is 0 Å². The van der Waals surface area contributed by atoms with E-state index in [1.54, 1.807) is 0 Å². The van der Waals surface area contributed by atoms with E-state index in [9.17, 15) is 4.79 Å². The molecule has 1 heterocycles. The highest BCUT2D eigenvalue weighted by Gasteiger charge is 2.20. The van der Waals surface area contributed by atoms with E-state index in [-0.39, 0.29) is 0 Å². The van der Waals surface area contributed by atoms with Crippen LogP contribution in [-0.2, 0) is 0 Å². The second kappa shape index (κ2) is 6.57. The maximum absolute atomic E-state index is 12.0. The summed E-state index contributed by atoms with van der Waals surface area (Å²) in [4.78, 5) is 12.0. The summed E-state index contributed by atoms with van der Waals surface area (Å²) in [5.74, 6) is 0. The molecule has 0 unspecified atom stereocenters. The first-order valence-corrected chi connectivity index (χ1v) is 8.13. The number of rotatable bonds is 4. The normalized spacial score (nSPS) is 10.6. The van der Waals surface area contributed by atoms with Crippen molar-refractivity contribution in [2.45, 2.75) is 0 Å². The van der Waals surface area contributed by atoms with Crippen LogP contribution in [0.4, 0.5) is 0 Å². The Morgan fingerprint density at radius 1 is 0.680 bits per heavy atom. The second-order valence-corrected chi connectivity index (χ2v) is 5.71. The van der Waals surface area contributed by atoms with Gasteiger partial charge in [-0.2, -0.15) is 5.10 Å². The maximum atomic E-state index is 12.0. The summed E-state index contributed by atoms with van der Waals surface area (Å²) < 4.78 is 1.85. The molecule has 0 amide bonds. The summed E-state index contributed by atoms with van der Waals surface area (Å²) in [5.41, 5.74) is 4.91. The highest BCUT2D eigenvalue weighted by Crippen LogP contribution is 2.33. The number of aldehydes is 1. The van der Waals surface area contributed by atoms with Gasteiger partial charge < -0.3 is 0 Å². The van der Waals surface area contributed by atoms with Crippen LogP contribution in [0.2, 0.25) is 0 Å². The number of carbonyl (C=O) groups excluding carboxylic acids is 1. The number of hydrogen-bond donors (Lipinski definition) is 0. The molecule has 0 saturated carbocycles. The smallest absolute Gasteiger partial charge is 0.154 e. The van der Waals surface area contributed by atoms with Crippen molar-refractivity contribution >= 4 is 6.29 Å². The Bertz CT molecular complexity index is 990. The molecular weight excluding hydrogens is 308 g/mol. The molecule has 0 radical (unpaired) electrons. The van der Waals surface area contributed by atoms with Crippen molar-refractivity contribution in [1.29, 1.82) is 0 Å². The van der Waals surface area contributed by atoms with E-state index in [2.05, 4.69) is 0 Å². The van der Waals surface area contributed by atoms with Crippen LogP contribution in [0.15, 0.2) is 91.0 Å². The van der Waals surface area contributed by atoms with E-state index < -0.39 is 0 Å². The summed E-state index contributed by atoms with van der Waals surface area (Å²) >= 11 is 0. The second-order valence-electron chi connectivity index (χ2n) is 5.71. The lowest BCUT2D eigenvalue weighted by atomic mass is 10.0. The van der Waals surface area contributed by atoms with Crippen LogP contribution >= 0.6 is 0 Å². The van der Waals surface area contributed by atoms with E-state index in [0.29, 0.717) is 11.3 Å². The molecule has 4 rings (SSSR count). The van der Waals surface area contributed by atoms with Crippen LogP contribution in [0.1, 0.15) is 10.4 Å². The van der Waals surface area contributed by atoms with Gasteiger partial charge in [-0.15, -0.1) is 0 Å². The van der Waals surface area contributed by atoms with Gasteiger partial charge in [0.15, 0.2) is 6.29 Å². The number of carbonyl (C=O) groups is 1. The Labute approximate surface area is 146 Å². The van der Waals surface area contributed by atoms with Crippen molar-refractivity contribution < 1.29 is 4.79 Å².